The summed E-state index contributed by atoms with van der Waals surface area (Å²) < 4.78 is 25.1. The van der Waals surface area contributed by atoms with Crippen molar-refractivity contribution in [3.63, 3.8) is 0 Å². The zero-order valence-corrected chi connectivity index (χ0v) is 14.6. The van der Waals surface area contributed by atoms with Crippen LogP contribution in [-0.4, -0.2) is 22.6 Å². The Hall–Kier alpha value is -3.19. The van der Waals surface area contributed by atoms with Gasteiger partial charge in [0.15, 0.2) is 11.3 Å². The van der Waals surface area contributed by atoms with Crippen LogP contribution in [0.15, 0.2) is 53.9 Å². The molecule has 0 amide bonds. The van der Waals surface area contributed by atoms with Gasteiger partial charge in [0.1, 0.15) is 23.3 Å². The first-order chi connectivity index (χ1) is 13.0. The Labute approximate surface area is 158 Å². The maximum atomic E-state index is 13.6. The molecule has 2 N–H and O–H groups in total. The number of nitrogens with two attached hydrogens (primary N) is 1. The molecule has 0 fully saturated rings. The summed E-state index contributed by atoms with van der Waals surface area (Å²) in [4.78, 5) is 12.6. The number of nitrogens with zero attached hydrogens (tertiary/aromatic N) is 3. The van der Waals surface area contributed by atoms with E-state index in [2.05, 4.69) is 15.0 Å². The van der Waals surface area contributed by atoms with Crippen LogP contribution in [0, 0.1) is 5.82 Å². The fourth-order valence-electron chi connectivity index (χ4n) is 3.48. The van der Waals surface area contributed by atoms with Gasteiger partial charge in [-0.3, -0.25) is 4.98 Å². The van der Waals surface area contributed by atoms with Gasteiger partial charge in [-0.1, -0.05) is 17.7 Å². The van der Waals surface area contributed by atoms with Crippen LogP contribution in [0.2, 0.25) is 5.15 Å². The summed E-state index contributed by atoms with van der Waals surface area (Å²) >= 11 is 6.11. The van der Waals surface area contributed by atoms with Gasteiger partial charge < -0.3 is 15.2 Å². The van der Waals surface area contributed by atoms with Gasteiger partial charge in [0.05, 0.1) is 12.4 Å². The molecule has 0 unspecified atom stereocenters. The van der Waals surface area contributed by atoms with Gasteiger partial charge in [0.25, 0.3) is 6.02 Å². The number of halogens is 2. The molecule has 2 aliphatic heterocycles. The first-order valence-corrected chi connectivity index (χ1v) is 8.50. The highest BCUT2D eigenvalue weighted by Gasteiger charge is 2.47. The standard InChI is InChI=1S/C19H12ClFN4O2/c20-17-5-14-16(8-24-17)27-15-2-1-10(11-3-12(21)7-23-6-11)4-13(15)19(14)9-26-18(22)25-19/h1-8H,9H2,(H2,22,25)/t19-/m0/s1. The van der Waals surface area contributed by atoms with Crippen molar-refractivity contribution < 1.29 is 13.9 Å². The second kappa shape index (κ2) is 5.65. The SMILES string of the molecule is NC1=N[C@@]2(CO1)c1cc(-c3cncc(F)c3)ccc1Oc1cnc(Cl)cc12. The first kappa shape index (κ1) is 16.0. The van der Waals surface area contributed by atoms with Crippen molar-refractivity contribution in [3.05, 3.63) is 71.0 Å². The van der Waals surface area contributed by atoms with Crippen molar-refractivity contribution in [2.24, 2.45) is 10.7 Å². The topological polar surface area (TPSA) is 82.6 Å². The lowest BCUT2D eigenvalue weighted by atomic mass is 9.81. The maximum absolute atomic E-state index is 13.6. The third kappa shape index (κ3) is 2.43. The Balaban J connectivity index is 1.75. The molecule has 3 aromatic rings. The summed E-state index contributed by atoms with van der Waals surface area (Å²) in [5.41, 5.74) is 7.81. The number of hydrogen-bond acceptors (Lipinski definition) is 6. The van der Waals surface area contributed by atoms with Crippen molar-refractivity contribution in [1.29, 1.82) is 0 Å². The number of fused-ring (bicyclic) bond motifs is 4. The number of ether oxygens (including phenoxy) is 2. The van der Waals surface area contributed by atoms with Crippen molar-refractivity contribution >= 4 is 17.6 Å². The van der Waals surface area contributed by atoms with Crippen LogP contribution >= 0.6 is 11.6 Å². The summed E-state index contributed by atoms with van der Waals surface area (Å²) in [6, 6.07) is 8.72. The lowest BCUT2D eigenvalue weighted by molar-refractivity contribution is 0.264. The molecule has 0 saturated heterocycles. The Morgan fingerprint density at radius 1 is 1.04 bits per heavy atom. The van der Waals surface area contributed by atoms with Gasteiger partial charge in [-0.05, 0) is 29.8 Å². The van der Waals surface area contributed by atoms with E-state index in [9.17, 15) is 4.39 Å². The Morgan fingerprint density at radius 3 is 2.67 bits per heavy atom. The predicted octanol–water partition coefficient (Wildman–Crippen LogP) is 3.63. The number of aromatic nitrogens is 2. The summed E-state index contributed by atoms with van der Waals surface area (Å²) in [6.07, 6.45) is 4.31. The van der Waals surface area contributed by atoms with E-state index in [0.29, 0.717) is 27.8 Å². The van der Waals surface area contributed by atoms with Crippen LogP contribution in [0.1, 0.15) is 11.1 Å². The zero-order valence-electron chi connectivity index (χ0n) is 13.8. The molecule has 0 saturated carbocycles. The van der Waals surface area contributed by atoms with Crippen LogP contribution in [0.25, 0.3) is 11.1 Å². The monoisotopic (exact) mass is 382 g/mol. The van der Waals surface area contributed by atoms with Crippen LogP contribution in [0.3, 0.4) is 0 Å². The molecule has 2 aliphatic rings. The highest BCUT2D eigenvalue weighted by atomic mass is 35.5. The van der Waals surface area contributed by atoms with Gasteiger partial charge in [-0.2, -0.15) is 0 Å². The Kier molecular flexibility index (Phi) is 3.35. The summed E-state index contributed by atoms with van der Waals surface area (Å²) in [6.45, 7) is 0.202. The van der Waals surface area contributed by atoms with Crippen molar-refractivity contribution in [3.8, 4) is 22.6 Å². The van der Waals surface area contributed by atoms with E-state index in [1.54, 1.807) is 24.5 Å². The van der Waals surface area contributed by atoms with E-state index in [1.807, 2.05) is 12.1 Å². The second-order valence-corrected chi connectivity index (χ2v) is 6.69. The maximum Gasteiger partial charge on any atom is 0.283 e. The highest BCUT2D eigenvalue weighted by Crippen LogP contribution is 2.51. The number of pyridine rings is 2. The molecule has 5 rings (SSSR count). The Bertz CT molecular complexity index is 1120. The largest absolute Gasteiger partial charge is 0.462 e. The van der Waals surface area contributed by atoms with E-state index in [1.165, 1.54) is 6.07 Å². The van der Waals surface area contributed by atoms with Crippen LogP contribution in [0.4, 0.5) is 4.39 Å². The molecule has 1 aromatic carbocycles. The van der Waals surface area contributed by atoms with Gasteiger partial charge in [0, 0.05) is 22.9 Å². The number of aliphatic imine (C=N–C) groups is 1. The lowest BCUT2D eigenvalue weighted by Crippen LogP contribution is -2.31. The quantitative estimate of drug-likeness (QED) is 0.650. The number of rotatable bonds is 1. The molecule has 0 bridgehead atoms. The number of amidine groups is 1. The second-order valence-electron chi connectivity index (χ2n) is 6.31. The summed E-state index contributed by atoms with van der Waals surface area (Å²) in [7, 11) is 0. The molecule has 0 radical (unpaired) electrons. The smallest absolute Gasteiger partial charge is 0.283 e. The molecular weight excluding hydrogens is 371 g/mol. The van der Waals surface area contributed by atoms with Gasteiger partial charge >= 0.3 is 0 Å². The predicted molar refractivity (Wildman–Crippen MR) is 97.3 cm³/mol. The van der Waals surface area contributed by atoms with E-state index < -0.39 is 11.4 Å². The lowest BCUT2D eigenvalue weighted by Gasteiger charge is -2.33. The molecule has 27 heavy (non-hydrogen) atoms. The molecule has 4 heterocycles. The minimum Gasteiger partial charge on any atom is -0.462 e. The number of hydrogen-bond donors (Lipinski definition) is 1. The summed E-state index contributed by atoms with van der Waals surface area (Å²) in [5, 5.41) is 0.311. The fraction of sp³-hybridized carbons (Fsp3) is 0.105. The molecule has 1 atom stereocenters. The highest BCUT2D eigenvalue weighted by molar-refractivity contribution is 6.29. The third-order valence-electron chi connectivity index (χ3n) is 4.69. The van der Waals surface area contributed by atoms with Crippen LogP contribution in [-0.2, 0) is 10.3 Å². The number of benzene rings is 1. The van der Waals surface area contributed by atoms with Crippen molar-refractivity contribution in [1.82, 2.24) is 9.97 Å². The van der Waals surface area contributed by atoms with E-state index >= 15 is 0 Å². The minimum atomic E-state index is -0.906. The third-order valence-corrected chi connectivity index (χ3v) is 4.90. The van der Waals surface area contributed by atoms with E-state index in [0.717, 1.165) is 17.3 Å². The van der Waals surface area contributed by atoms with Crippen LogP contribution < -0.4 is 10.5 Å². The van der Waals surface area contributed by atoms with E-state index in [4.69, 9.17) is 26.8 Å². The molecule has 8 heteroatoms. The summed E-state index contributed by atoms with van der Waals surface area (Å²) in [5.74, 6) is 0.724. The van der Waals surface area contributed by atoms with Gasteiger partial charge in [-0.15, -0.1) is 0 Å². The molecular formula is C19H12ClFN4O2. The normalized spacial score (nSPS) is 19.7. The average molecular weight is 383 g/mol. The fourth-order valence-corrected chi connectivity index (χ4v) is 3.64. The molecule has 0 aliphatic carbocycles. The molecule has 1 spiro atoms. The molecule has 2 aromatic heterocycles. The molecule has 6 nitrogen and oxygen atoms in total. The average Bonchev–Trinajstić information content (AvgIpc) is 3.05. The Morgan fingerprint density at radius 2 is 1.89 bits per heavy atom. The minimum absolute atomic E-state index is 0.0829. The first-order valence-electron chi connectivity index (χ1n) is 8.13. The molecule has 134 valence electrons. The van der Waals surface area contributed by atoms with E-state index in [-0.39, 0.29) is 12.6 Å². The van der Waals surface area contributed by atoms with Crippen LogP contribution in [0.5, 0.6) is 11.5 Å². The van der Waals surface area contributed by atoms with Gasteiger partial charge in [-0.25, -0.2) is 14.4 Å². The van der Waals surface area contributed by atoms with Gasteiger partial charge in [0.2, 0.25) is 0 Å². The zero-order chi connectivity index (χ0) is 18.6. The van der Waals surface area contributed by atoms with Crippen molar-refractivity contribution in [2.45, 2.75) is 5.54 Å². The van der Waals surface area contributed by atoms with Crippen molar-refractivity contribution in [2.75, 3.05) is 6.61 Å².